The first-order chi connectivity index (χ1) is 6.02. The number of rotatable bonds is 4. The van der Waals surface area contributed by atoms with E-state index in [1.54, 1.807) is 0 Å². The molecule has 0 spiro atoms. The van der Waals surface area contributed by atoms with Gasteiger partial charge in [0, 0.05) is 18.5 Å². The Morgan fingerprint density at radius 3 is 1.92 bits per heavy atom. The molecule has 0 amide bonds. The predicted octanol–water partition coefficient (Wildman–Crippen LogP) is 2.95. The van der Waals surface area contributed by atoms with Crippen molar-refractivity contribution < 1.29 is 0 Å². The highest BCUT2D eigenvalue weighted by Crippen LogP contribution is 2.12. The second-order valence-corrected chi connectivity index (χ2v) is 3.69. The second-order valence-electron chi connectivity index (χ2n) is 3.69. The van der Waals surface area contributed by atoms with Crippen LogP contribution in [-0.2, 0) is 0 Å². The molecule has 2 nitrogen and oxygen atoms in total. The molecule has 0 aliphatic carbocycles. The van der Waals surface area contributed by atoms with E-state index in [1.807, 2.05) is 13.1 Å². The molecule has 0 fully saturated rings. The van der Waals surface area contributed by atoms with Gasteiger partial charge in [0.2, 0.25) is 0 Å². The van der Waals surface area contributed by atoms with Gasteiger partial charge < -0.3 is 0 Å². The van der Waals surface area contributed by atoms with Gasteiger partial charge in [-0.25, -0.2) is 0 Å². The van der Waals surface area contributed by atoms with E-state index in [4.69, 9.17) is 0 Å². The number of aliphatic imine (C=N–C) groups is 2. The lowest BCUT2D eigenvalue weighted by molar-refractivity contribution is 0.758. The topological polar surface area (TPSA) is 24.7 Å². The van der Waals surface area contributed by atoms with Crippen molar-refractivity contribution in [1.29, 1.82) is 0 Å². The molecule has 2 heteroatoms. The normalized spacial score (nSPS) is 14.1. The van der Waals surface area contributed by atoms with Crippen LogP contribution in [0.1, 0.15) is 27.7 Å². The fourth-order valence-corrected chi connectivity index (χ4v) is 1.04. The standard InChI is InChI=1S/C11H20N2/c1-8(2)10(12-5)7-11(13-6)9(3)4/h7-9H,5H2,1-4,6H3/b10-7-,13-11?. The minimum Gasteiger partial charge on any atom is -0.293 e. The quantitative estimate of drug-likeness (QED) is 0.594. The highest BCUT2D eigenvalue weighted by Gasteiger charge is 2.05. The van der Waals surface area contributed by atoms with E-state index >= 15 is 0 Å². The predicted molar refractivity (Wildman–Crippen MR) is 60.7 cm³/mol. The lowest BCUT2D eigenvalue weighted by atomic mass is 10.0. The molecule has 0 atom stereocenters. The van der Waals surface area contributed by atoms with E-state index in [0.29, 0.717) is 11.8 Å². The van der Waals surface area contributed by atoms with E-state index in [9.17, 15) is 0 Å². The highest BCUT2D eigenvalue weighted by molar-refractivity contribution is 5.96. The van der Waals surface area contributed by atoms with Crippen LogP contribution in [0.2, 0.25) is 0 Å². The van der Waals surface area contributed by atoms with Crippen LogP contribution in [0.4, 0.5) is 0 Å². The summed E-state index contributed by atoms with van der Waals surface area (Å²) in [6.45, 7) is 12.0. The maximum Gasteiger partial charge on any atom is 0.0439 e. The molecular formula is C11H20N2. The zero-order valence-corrected chi connectivity index (χ0v) is 9.33. The Kier molecular flexibility index (Phi) is 5.28. The van der Waals surface area contributed by atoms with Crippen LogP contribution in [0.15, 0.2) is 21.8 Å². The molecule has 0 N–H and O–H groups in total. The summed E-state index contributed by atoms with van der Waals surface area (Å²) in [5.74, 6) is 0.855. The van der Waals surface area contributed by atoms with Crippen molar-refractivity contribution in [3.63, 3.8) is 0 Å². The summed E-state index contributed by atoms with van der Waals surface area (Å²) in [4.78, 5) is 8.20. The molecule has 13 heavy (non-hydrogen) atoms. The van der Waals surface area contributed by atoms with Crippen LogP contribution in [0.25, 0.3) is 0 Å². The number of nitrogens with zero attached hydrogens (tertiary/aromatic N) is 2. The largest absolute Gasteiger partial charge is 0.293 e. The van der Waals surface area contributed by atoms with E-state index in [0.717, 1.165) is 11.4 Å². The summed E-state index contributed by atoms with van der Waals surface area (Å²) < 4.78 is 0. The van der Waals surface area contributed by atoms with Gasteiger partial charge in [-0.15, -0.1) is 0 Å². The van der Waals surface area contributed by atoms with Gasteiger partial charge in [-0.2, -0.15) is 0 Å². The summed E-state index contributed by atoms with van der Waals surface area (Å²) in [6.07, 6.45) is 2.03. The van der Waals surface area contributed by atoms with Crippen molar-refractivity contribution in [1.82, 2.24) is 0 Å². The van der Waals surface area contributed by atoms with Crippen LogP contribution < -0.4 is 0 Å². The van der Waals surface area contributed by atoms with E-state index < -0.39 is 0 Å². The first-order valence-electron chi connectivity index (χ1n) is 4.67. The molecular weight excluding hydrogens is 160 g/mol. The Labute approximate surface area is 81.5 Å². The molecule has 74 valence electrons. The molecule has 0 heterocycles. The van der Waals surface area contributed by atoms with Gasteiger partial charge in [0.1, 0.15) is 0 Å². The minimum absolute atomic E-state index is 0.410. The van der Waals surface area contributed by atoms with E-state index in [-0.39, 0.29) is 0 Å². The van der Waals surface area contributed by atoms with Crippen LogP contribution in [-0.4, -0.2) is 19.5 Å². The van der Waals surface area contributed by atoms with Gasteiger partial charge in [0.05, 0.1) is 0 Å². The van der Waals surface area contributed by atoms with Crippen molar-refractivity contribution >= 4 is 12.4 Å². The maximum atomic E-state index is 4.21. The van der Waals surface area contributed by atoms with Crippen LogP contribution in [0.3, 0.4) is 0 Å². The number of hydrogen-bond acceptors (Lipinski definition) is 2. The molecule has 0 bridgehead atoms. The zero-order chi connectivity index (χ0) is 10.4. The van der Waals surface area contributed by atoms with Crippen molar-refractivity contribution in [2.75, 3.05) is 7.05 Å². The molecule has 0 rings (SSSR count). The van der Waals surface area contributed by atoms with Crippen LogP contribution >= 0.6 is 0 Å². The van der Waals surface area contributed by atoms with Crippen molar-refractivity contribution in [3.05, 3.63) is 11.8 Å². The smallest absolute Gasteiger partial charge is 0.0439 e. The Morgan fingerprint density at radius 1 is 1.15 bits per heavy atom. The minimum atomic E-state index is 0.410. The Hall–Kier alpha value is -0.920. The number of allylic oxidation sites excluding steroid dienone is 2. The zero-order valence-electron chi connectivity index (χ0n) is 9.33. The average Bonchev–Trinajstić information content (AvgIpc) is 2.05. The van der Waals surface area contributed by atoms with Gasteiger partial charge in [0.25, 0.3) is 0 Å². The summed E-state index contributed by atoms with van der Waals surface area (Å²) in [5.41, 5.74) is 2.09. The summed E-state index contributed by atoms with van der Waals surface area (Å²) in [5, 5.41) is 0. The van der Waals surface area contributed by atoms with Crippen molar-refractivity contribution in [2.24, 2.45) is 21.8 Å². The van der Waals surface area contributed by atoms with E-state index in [2.05, 4.69) is 44.4 Å². The Morgan fingerprint density at radius 2 is 1.69 bits per heavy atom. The van der Waals surface area contributed by atoms with Gasteiger partial charge in [0.15, 0.2) is 0 Å². The SMILES string of the molecule is C=N/C(=C\C(=NC)C(C)C)C(C)C. The molecule has 0 aromatic rings. The second kappa shape index (κ2) is 5.68. The van der Waals surface area contributed by atoms with Crippen LogP contribution in [0.5, 0.6) is 0 Å². The third kappa shape index (κ3) is 4.02. The molecule has 0 saturated carbocycles. The molecule has 0 aromatic heterocycles. The highest BCUT2D eigenvalue weighted by atomic mass is 14.7. The Balaban J connectivity index is 4.76. The fourth-order valence-electron chi connectivity index (χ4n) is 1.04. The summed E-state index contributed by atoms with van der Waals surface area (Å²) >= 11 is 0. The summed E-state index contributed by atoms with van der Waals surface area (Å²) in [7, 11) is 1.81. The summed E-state index contributed by atoms with van der Waals surface area (Å²) in [6, 6.07) is 0. The maximum absolute atomic E-state index is 4.21. The lowest BCUT2D eigenvalue weighted by Gasteiger charge is -2.08. The van der Waals surface area contributed by atoms with Crippen molar-refractivity contribution in [2.45, 2.75) is 27.7 Å². The number of hydrogen-bond donors (Lipinski definition) is 0. The molecule has 0 radical (unpaired) electrons. The average molecular weight is 180 g/mol. The molecule has 0 saturated heterocycles. The molecule has 0 aromatic carbocycles. The van der Waals surface area contributed by atoms with Crippen molar-refractivity contribution in [3.8, 4) is 0 Å². The molecule has 0 unspecified atom stereocenters. The van der Waals surface area contributed by atoms with Crippen LogP contribution in [0, 0.1) is 11.8 Å². The van der Waals surface area contributed by atoms with Gasteiger partial charge >= 0.3 is 0 Å². The third-order valence-corrected chi connectivity index (χ3v) is 1.92. The Bertz CT molecular complexity index is 222. The lowest BCUT2D eigenvalue weighted by Crippen LogP contribution is -2.06. The third-order valence-electron chi connectivity index (χ3n) is 1.92. The molecule has 0 aliphatic heterocycles. The molecule has 0 aliphatic rings. The van der Waals surface area contributed by atoms with E-state index in [1.165, 1.54) is 0 Å². The monoisotopic (exact) mass is 180 g/mol. The van der Waals surface area contributed by atoms with Gasteiger partial charge in [-0.05, 0) is 24.6 Å². The first-order valence-corrected chi connectivity index (χ1v) is 4.67. The first kappa shape index (κ1) is 12.1. The van der Waals surface area contributed by atoms with Gasteiger partial charge in [-0.1, -0.05) is 27.7 Å². The van der Waals surface area contributed by atoms with Gasteiger partial charge in [-0.3, -0.25) is 9.98 Å². The fraction of sp³-hybridized carbons (Fsp3) is 0.636.